The Kier molecular flexibility index (Phi) is 3.19. The summed E-state index contributed by atoms with van der Waals surface area (Å²) in [4.78, 5) is 13.1. The van der Waals surface area contributed by atoms with Crippen molar-refractivity contribution in [2.75, 3.05) is 11.4 Å². The third kappa shape index (κ3) is 2.08. The summed E-state index contributed by atoms with van der Waals surface area (Å²) in [5.74, 6) is -0.251. The number of amides is 1. The Balaban J connectivity index is 2.38. The van der Waals surface area contributed by atoms with Gasteiger partial charge in [-0.05, 0) is 12.1 Å². The standard InChI is InChI=1S/C10H8Cl3NO2/c11-5-1-9(15)14(4-5)6-2-7(12)10(16)8(13)3-6/h2-3,5,16H,1,4H2. The molecule has 1 amide bonds. The molecule has 1 aromatic carbocycles. The number of hydrogen-bond acceptors (Lipinski definition) is 2. The van der Waals surface area contributed by atoms with Crippen molar-refractivity contribution < 1.29 is 9.90 Å². The zero-order valence-corrected chi connectivity index (χ0v) is 10.4. The first-order valence-electron chi connectivity index (χ1n) is 4.61. The van der Waals surface area contributed by atoms with Crippen LogP contribution in [0.4, 0.5) is 5.69 Å². The fraction of sp³-hybridized carbons (Fsp3) is 0.300. The Morgan fingerprint density at radius 2 is 1.88 bits per heavy atom. The number of halogens is 3. The number of aromatic hydroxyl groups is 1. The molecule has 0 aromatic heterocycles. The first-order valence-corrected chi connectivity index (χ1v) is 5.80. The first-order chi connectivity index (χ1) is 7.49. The van der Waals surface area contributed by atoms with Crippen molar-refractivity contribution >= 4 is 46.4 Å². The van der Waals surface area contributed by atoms with E-state index in [1.807, 2.05) is 0 Å². The molecule has 86 valence electrons. The van der Waals surface area contributed by atoms with Crippen molar-refractivity contribution in [1.82, 2.24) is 0 Å². The van der Waals surface area contributed by atoms with Crippen LogP contribution in [0.5, 0.6) is 5.75 Å². The van der Waals surface area contributed by atoms with E-state index in [1.54, 1.807) is 0 Å². The number of carbonyl (C=O) groups is 1. The normalized spacial score (nSPS) is 20.6. The SMILES string of the molecule is O=C1CC(Cl)CN1c1cc(Cl)c(O)c(Cl)c1. The molecule has 1 saturated heterocycles. The van der Waals surface area contributed by atoms with Crippen molar-refractivity contribution in [3.05, 3.63) is 22.2 Å². The van der Waals surface area contributed by atoms with E-state index >= 15 is 0 Å². The molecule has 1 aromatic rings. The van der Waals surface area contributed by atoms with E-state index in [0.29, 0.717) is 18.7 Å². The summed E-state index contributed by atoms with van der Waals surface area (Å²) in [6, 6.07) is 2.99. The predicted molar refractivity (Wildman–Crippen MR) is 64.7 cm³/mol. The number of nitrogens with zero attached hydrogens (tertiary/aromatic N) is 1. The highest BCUT2D eigenvalue weighted by Gasteiger charge is 2.29. The van der Waals surface area contributed by atoms with Gasteiger partial charge in [-0.2, -0.15) is 0 Å². The molecule has 2 rings (SSSR count). The molecular formula is C10H8Cl3NO2. The number of anilines is 1. The zero-order valence-electron chi connectivity index (χ0n) is 8.08. The summed E-state index contributed by atoms with van der Waals surface area (Å²) in [7, 11) is 0. The molecule has 0 radical (unpaired) electrons. The molecule has 1 aliphatic rings. The van der Waals surface area contributed by atoms with E-state index in [0.717, 1.165) is 0 Å². The molecule has 16 heavy (non-hydrogen) atoms. The van der Waals surface area contributed by atoms with Crippen molar-refractivity contribution in [2.45, 2.75) is 11.8 Å². The van der Waals surface area contributed by atoms with Gasteiger partial charge in [-0.1, -0.05) is 23.2 Å². The minimum atomic E-state index is -0.196. The van der Waals surface area contributed by atoms with E-state index in [1.165, 1.54) is 17.0 Å². The van der Waals surface area contributed by atoms with Gasteiger partial charge in [0.1, 0.15) is 0 Å². The van der Waals surface area contributed by atoms with Gasteiger partial charge in [-0.25, -0.2) is 0 Å². The van der Waals surface area contributed by atoms with Gasteiger partial charge < -0.3 is 10.0 Å². The fourth-order valence-electron chi connectivity index (χ4n) is 1.62. The predicted octanol–water partition coefficient (Wildman–Crippen LogP) is 3.04. The van der Waals surface area contributed by atoms with Gasteiger partial charge in [0.15, 0.2) is 5.75 Å². The Hall–Kier alpha value is -0.640. The van der Waals surface area contributed by atoms with Crippen LogP contribution in [0, 0.1) is 0 Å². The van der Waals surface area contributed by atoms with Gasteiger partial charge in [-0.15, -0.1) is 11.6 Å². The maximum absolute atomic E-state index is 11.6. The summed E-state index contributed by atoms with van der Waals surface area (Å²) < 4.78 is 0. The largest absolute Gasteiger partial charge is 0.505 e. The van der Waals surface area contributed by atoms with Crippen LogP contribution in [0.1, 0.15) is 6.42 Å². The zero-order chi connectivity index (χ0) is 11.9. The van der Waals surface area contributed by atoms with Gasteiger partial charge in [0.2, 0.25) is 5.91 Å². The summed E-state index contributed by atoms with van der Waals surface area (Å²) in [5, 5.41) is 9.44. The highest BCUT2D eigenvalue weighted by atomic mass is 35.5. The lowest BCUT2D eigenvalue weighted by atomic mass is 10.2. The summed E-state index contributed by atoms with van der Waals surface area (Å²) in [5.41, 5.74) is 0.556. The maximum Gasteiger partial charge on any atom is 0.228 e. The van der Waals surface area contributed by atoms with E-state index < -0.39 is 0 Å². The quantitative estimate of drug-likeness (QED) is 0.803. The summed E-state index contributed by atoms with van der Waals surface area (Å²) in [6.07, 6.45) is 0.303. The van der Waals surface area contributed by atoms with Gasteiger partial charge >= 0.3 is 0 Å². The molecular weight excluding hydrogens is 272 g/mol. The van der Waals surface area contributed by atoms with Crippen molar-refractivity contribution in [3.8, 4) is 5.75 Å². The smallest absolute Gasteiger partial charge is 0.228 e. The Labute approximate surface area is 108 Å². The lowest BCUT2D eigenvalue weighted by Crippen LogP contribution is -2.24. The molecule has 6 heteroatoms. The first kappa shape index (κ1) is 11.8. The highest BCUT2D eigenvalue weighted by Crippen LogP contribution is 2.37. The topological polar surface area (TPSA) is 40.5 Å². The van der Waals surface area contributed by atoms with E-state index in [4.69, 9.17) is 34.8 Å². The molecule has 1 unspecified atom stereocenters. The van der Waals surface area contributed by atoms with E-state index in [2.05, 4.69) is 0 Å². The molecule has 1 fully saturated rings. The molecule has 0 aliphatic carbocycles. The van der Waals surface area contributed by atoms with Crippen LogP contribution < -0.4 is 4.90 Å². The van der Waals surface area contributed by atoms with Crippen LogP contribution in [0.3, 0.4) is 0 Å². The fourth-order valence-corrected chi connectivity index (χ4v) is 2.37. The van der Waals surface area contributed by atoms with Crippen molar-refractivity contribution in [2.24, 2.45) is 0 Å². The Morgan fingerprint density at radius 3 is 2.31 bits per heavy atom. The van der Waals surface area contributed by atoms with E-state index in [9.17, 15) is 9.90 Å². The Bertz CT molecular complexity index is 427. The minimum Gasteiger partial charge on any atom is -0.505 e. The lowest BCUT2D eigenvalue weighted by Gasteiger charge is -2.17. The van der Waals surface area contributed by atoms with Crippen LogP contribution in [0.15, 0.2) is 12.1 Å². The maximum atomic E-state index is 11.6. The van der Waals surface area contributed by atoms with Crippen LogP contribution in [-0.4, -0.2) is 22.9 Å². The number of carbonyl (C=O) groups excluding carboxylic acids is 1. The highest BCUT2D eigenvalue weighted by molar-refractivity contribution is 6.37. The number of benzene rings is 1. The third-order valence-corrected chi connectivity index (χ3v) is 3.26. The number of alkyl halides is 1. The molecule has 0 bridgehead atoms. The summed E-state index contributed by atoms with van der Waals surface area (Å²) >= 11 is 17.4. The molecule has 0 saturated carbocycles. The van der Waals surface area contributed by atoms with Crippen LogP contribution in [0.2, 0.25) is 10.0 Å². The Morgan fingerprint density at radius 1 is 1.31 bits per heavy atom. The second-order valence-electron chi connectivity index (χ2n) is 3.56. The molecule has 3 nitrogen and oxygen atoms in total. The molecule has 1 N–H and O–H groups in total. The number of rotatable bonds is 1. The van der Waals surface area contributed by atoms with Crippen molar-refractivity contribution in [3.63, 3.8) is 0 Å². The average molecular weight is 281 g/mol. The average Bonchev–Trinajstić information content (AvgIpc) is 2.53. The van der Waals surface area contributed by atoms with Gasteiger partial charge in [0.25, 0.3) is 0 Å². The van der Waals surface area contributed by atoms with Gasteiger partial charge in [0, 0.05) is 18.7 Å². The van der Waals surface area contributed by atoms with Crippen LogP contribution in [0.25, 0.3) is 0 Å². The molecule has 1 aliphatic heterocycles. The van der Waals surface area contributed by atoms with Crippen LogP contribution >= 0.6 is 34.8 Å². The van der Waals surface area contributed by atoms with E-state index in [-0.39, 0.29) is 27.1 Å². The second-order valence-corrected chi connectivity index (χ2v) is 5.00. The molecule has 1 atom stereocenters. The minimum absolute atomic E-state index is 0.0715. The monoisotopic (exact) mass is 279 g/mol. The van der Waals surface area contributed by atoms with Crippen LogP contribution in [-0.2, 0) is 4.79 Å². The second kappa shape index (κ2) is 4.32. The summed E-state index contributed by atoms with van der Waals surface area (Å²) in [6.45, 7) is 0.428. The third-order valence-electron chi connectivity index (χ3n) is 2.39. The number of phenolic OH excluding ortho intramolecular Hbond substituents is 1. The van der Waals surface area contributed by atoms with Gasteiger partial charge in [0.05, 0.1) is 15.4 Å². The number of hydrogen-bond donors (Lipinski definition) is 1. The number of phenols is 1. The lowest BCUT2D eigenvalue weighted by molar-refractivity contribution is -0.117. The molecule has 0 spiro atoms. The van der Waals surface area contributed by atoms with Gasteiger partial charge in [-0.3, -0.25) is 4.79 Å². The van der Waals surface area contributed by atoms with Crippen molar-refractivity contribution in [1.29, 1.82) is 0 Å². The molecule has 1 heterocycles.